The van der Waals surface area contributed by atoms with Gasteiger partial charge in [-0.3, -0.25) is 9.78 Å². The van der Waals surface area contributed by atoms with Crippen molar-refractivity contribution in [3.63, 3.8) is 0 Å². The number of likely N-dealkylation sites (N-methyl/N-ethyl adjacent to an activating group) is 1. The van der Waals surface area contributed by atoms with Crippen LogP contribution in [0.3, 0.4) is 0 Å². The van der Waals surface area contributed by atoms with Crippen molar-refractivity contribution in [2.24, 2.45) is 0 Å². The highest BCUT2D eigenvalue weighted by atomic mass is 127. The molecule has 2 aromatic rings. The van der Waals surface area contributed by atoms with Crippen molar-refractivity contribution in [3.8, 4) is 0 Å². The minimum Gasteiger partial charge on any atom is -0.349 e. The van der Waals surface area contributed by atoms with E-state index in [1.807, 2.05) is 25.1 Å². The second kappa shape index (κ2) is 9.92. The van der Waals surface area contributed by atoms with E-state index in [-0.39, 0.29) is 11.9 Å². The first-order valence-electron chi connectivity index (χ1n) is 9.29. The highest BCUT2D eigenvalue weighted by Gasteiger charge is 2.12. The second-order valence-corrected chi connectivity index (χ2v) is 7.67. The summed E-state index contributed by atoms with van der Waals surface area (Å²) < 4.78 is 14.8. The lowest BCUT2D eigenvalue weighted by Gasteiger charge is -2.23. The fraction of sp³-hybridized carbons (Fsp3) is 0.350. The van der Waals surface area contributed by atoms with Crippen molar-refractivity contribution < 1.29 is 9.18 Å². The van der Waals surface area contributed by atoms with Crippen LogP contribution in [0.15, 0.2) is 48.1 Å². The minimum absolute atomic E-state index is 0.168. The highest BCUT2D eigenvalue weighted by molar-refractivity contribution is 14.1. The number of allylic oxidation sites excluding steroid dienone is 1. The maximum atomic E-state index is 13.8. The summed E-state index contributed by atoms with van der Waals surface area (Å²) in [6.45, 7) is 5.07. The number of aromatic nitrogens is 2. The van der Waals surface area contributed by atoms with Gasteiger partial charge in [0, 0.05) is 29.7 Å². The monoisotopic (exact) mass is 495 g/mol. The summed E-state index contributed by atoms with van der Waals surface area (Å²) in [6.07, 6.45) is 5.90. The molecule has 1 aromatic carbocycles. The van der Waals surface area contributed by atoms with E-state index in [1.54, 1.807) is 11.0 Å². The quantitative estimate of drug-likeness (QED) is 0.335. The molecular weight excluding hydrogens is 472 g/mol. The molecule has 2 heterocycles. The molecule has 0 saturated heterocycles. The molecule has 3 rings (SSSR count). The van der Waals surface area contributed by atoms with Crippen molar-refractivity contribution in [1.29, 1.82) is 0 Å². The Morgan fingerprint density at radius 1 is 1.29 bits per heavy atom. The third-order valence-corrected chi connectivity index (χ3v) is 5.15. The van der Waals surface area contributed by atoms with Gasteiger partial charge in [-0.25, -0.2) is 4.98 Å². The number of hydrogen-bond acceptors (Lipinski definition) is 5. The molecule has 1 aliphatic rings. The van der Waals surface area contributed by atoms with E-state index in [0.717, 1.165) is 27.6 Å². The van der Waals surface area contributed by atoms with Gasteiger partial charge in [-0.2, -0.15) is 4.39 Å². The third-order valence-electron chi connectivity index (χ3n) is 4.48. The van der Waals surface area contributed by atoms with E-state index < -0.39 is 0 Å². The van der Waals surface area contributed by atoms with Gasteiger partial charge in [-0.1, -0.05) is 6.08 Å². The number of hydrogen-bond donors (Lipinski definition) is 2. The molecule has 0 atom stereocenters. The topological polar surface area (TPSA) is 70.2 Å². The summed E-state index contributed by atoms with van der Waals surface area (Å²) in [5.74, 6) is -0.409. The van der Waals surface area contributed by atoms with Crippen molar-refractivity contribution in [2.75, 3.05) is 32.7 Å². The first-order chi connectivity index (χ1) is 13.6. The van der Waals surface area contributed by atoms with Gasteiger partial charge in [0.25, 0.3) is 5.91 Å². The Morgan fingerprint density at radius 3 is 2.93 bits per heavy atom. The summed E-state index contributed by atoms with van der Waals surface area (Å²) in [5, 5.41) is 6.09. The number of nitrogens with zero attached hydrogens (tertiary/aromatic N) is 3. The van der Waals surface area contributed by atoms with E-state index in [4.69, 9.17) is 0 Å². The van der Waals surface area contributed by atoms with Crippen LogP contribution in [0, 0.1) is 3.57 Å². The molecule has 1 aliphatic heterocycles. The van der Waals surface area contributed by atoms with Crippen molar-refractivity contribution >= 4 is 39.5 Å². The number of rotatable bonds is 8. The Bertz CT molecular complexity index is 915. The molecule has 1 amide bonds. The van der Waals surface area contributed by atoms with Crippen LogP contribution in [0.25, 0.3) is 11.0 Å². The molecule has 0 bridgehead atoms. The van der Waals surface area contributed by atoms with Gasteiger partial charge in [0.15, 0.2) is 5.95 Å². The molecular formula is C20H23FIN5O. The van der Waals surface area contributed by atoms with Crippen molar-refractivity contribution in [2.45, 2.75) is 13.3 Å². The summed E-state index contributed by atoms with van der Waals surface area (Å²) in [7, 11) is 0. The predicted molar refractivity (Wildman–Crippen MR) is 117 cm³/mol. The number of halogens is 2. The lowest BCUT2D eigenvalue weighted by atomic mass is 10.1. The van der Waals surface area contributed by atoms with Gasteiger partial charge in [0.05, 0.1) is 17.2 Å². The molecule has 0 saturated carbocycles. The second-order valence-electron chi connectivity index (χ2n) is 6.43. The lowest BCUT2D eigenvalue weighted by Crippen LogP contribution is -2.33. The van der Waals surface area contributed by atoms with Gasteiger partial charge < -0.3 is 15.5 Å². The first-order valence-corrected chi connectivity index (χ1v) is 10.4. The normalized spacial score (nSPS) is 14.0. The molecule has 148 valence electrons. The average Bonchev–Trinajstić information content (AvgIpc) is 2.70. The first kappa shape index (κ1) is 20.7. The number of carbonyl (C=O) groups excluding carboxylic acids is 1. The number of nitrogens with one attached hydrogen (secondary N) is 2. The summed E-state index contributed by atoms with van der Waals surface area (Å²) in [5.41, 5.74) is 2.78. The largest absolute Gasteiger partial charge is 0.349 e. The van der Waals surface area contributed by atoms with E-state index >= 15 is 0 Å². The van der Waals surface area contributed by atoms with Crippen LogP contribution in [-0.4, -0.2) is 53.5 Å². The summed E-state index contributed by atoms with van der Waals surface area (Å²) in [6, 6.07) is 5.72. The van der Waals surface area contributed by atoms with Crippen LogP contribution < -0.4 is 10.6 Å². The third kappa shape index (κ3) is 5.48. The molecule has 28 heavy (non-hydrogen) atoms. The fourth-order valence-electron chi connectivity index (χ4n) is 2.88. The fourth-order valence-corrected chi connectivity index (χ4v) is 3.35. The molecule has 1 aromatic heterocycles. The summed E-state index contributed by atoms with van der Waals surface area (Å²) in [4.78, 5) is 22.6. The molecule has 0 spiro atoms. The Morgan fingerprint density at radius 2 is 2.14 bits per heavy atom. The Kier molecular flexibility index (Phi) is 7.32. The molecule has 0 unspecified atom stereocenters. The molecule has 0 fully saturated rings. The van der Waals surface area contributed by atoms with E-state index in [2.05, 4.69) is 49.3 Å². The van der Waals surface area contributed by atoms with Gasteiger partial charge in [-0.05, 0) is 72.3 Å². The number of fused-ring (bicyclic) bond motifs is 1. The standard InChI is InChI=1S/C20H23FIN5O/c1-2-27-10-6-14(11-19(27)21)5-7-23-8-9-24-20(28)18-13-25-17-12-15(22)3-4-16(17)26-18/h3-4,6,11-13,23H,2,5,7-10H2,1H3,(H,24,28). The number of amides is 1. The zero-order chi connectivity index (χ0) is 19.9. The molecule has 0 aliphatic carbocycles. The minimum atomic E-state index is -0.241. The van der Waals surface area contributed by atoms with Crippen LogP contribution in [0.1, 0.15) is 23.8 Å². The number of benzene rings is 1. The Labute approximate surface area is 177 Å². The molecule has 6 nitrogen and oxygen atoms in total. The van der Waals surface area contributed by atoms with E-state index in [1.165, 1.54) is 6.20 Å². The molecule has 0 radical (unpaired) electrons. The summed E-state index contributed by atoms with van der Waals surface area (Å²) >= 11 is 2.22. The number of carbonyl (C=O) groups is 1. The van der Waals surface area contributed by atoms with E-state index in [0.29, 0.717) is 37.4 Å². The van der Waals surface area contributed by atoms with Crippen LogP contribution in [-0.2, 0) is 0 Å². The van der Waals surface area contributed by atoms with Crippen LogP contribution in [0.5, 0.6) is 0 Å². The Balaban J connectivity index is 1.38. The SMILES string of the molecule is CCN1CC=C(CCNCCNC(=O)c2cnc3cc(I)ccc3n2)C=C1F. The van der Waals surface area contributed by atoms with Gasteiger partial charge in [-0.15, -0.1) is 0 Å². The zero-order valence-electron chi connectivity index (χ0n) is 15.7. The highest BCUT2D eigenvalue weighted by Crippen LogP contribution is 2.17. The average molecular weight is 495 g/mol. The maximum Gasteiger partial charge on any atom is 0.271 e. The van der Waals surface area contributed by atoms with Crippen molar-refractivity contribution in [1.82, 2.24) is 25.5 Å². The zero-order valence-corrected chi connectivity index (χ0v) is 17.9. The van der Waals surface area contributed by atoms with Gasteiger partial charge in [0.2, 0.25) is 0 Å². The van der Waals surface area contributed by atoms with Crippen LogP contribution >= 0.6 is 22.6 Å². The Hall–Kier alpha value is -2.07. The maximum absolute atomic E-state index is 13.8. The van der Waals surface area contributed by atoms with E-state index in [9.17, 15) is 9.18 Å². The molecule has 2 N–H and O–H groups in total. The lowest BCUT2D eigenvalue weighted by molar-refractivity contribution is 0.0949. The van der Waals surface area contributed by atoms with Gasteiger partial charge >= 0.3 is 0 Å². The van der Waals surface area contributed by atoms with Crippen LogP contribution in [0.4, 0.5) is 4.39 Å². The van der Waals surface area contributed by atoms with Crippen molar-refractivity contribution in [3.05, 3.63) is 57.3 Å². The predicted octanol–water partition coefficient (Wildman–Crippen LogP) is 3.02. The smallest absolute Gasteiger partial charge is 0.271 e. The van der Waals surface area contributed by atoms with Gasteiger partial charge in [0.1, 0.15) is 5.69 Å². The van der Waals surface area contributed by atoms with Crippen LogP contribution in [0.2, 0.25) is 0 Å². The molecule has 8 heteroatoms.